The Morgan fingerprint density at radius 2 is 1.00 bits per heavy atom. The second-order valence-corrected chi connectivity index (χ2v) is 10.9. The third-order valence-corrected chi connectivity index (χ3v) is 8.11. The molecule has 0 aliphatic rings. The lowest BCUT2D eigenvalue weighted by Crippen LogP contribution is -2.29. The van der Waals surface area contributed by atoms with Crippen LogP contribution in [0.15, 0.2) is 146 Å². The molecule has 1 aromatic heterocycles. The normalized spacial score (nSPS) is 11.0. The highest BCUT2D eigenvalue weighted by Crippen LogP contribution is 2.44. The van der Waals surface area contributed by atoms with E-state index in [4.69, 9.17) is 11.6 Å². The molecule has 4 nitrogen and oxygen atoms in total. The first kappa shape index (κ1) is 28.8. The Balaban J connectivity index is 1.75. The average molecular weight is 594 g/mol. The van der Waals surface area contributed by atoms with E-state index in [-0.39, 0.29) is 17.3 Å². The van der Waals surface area contributed by atoms with Crippen molar-refractivity contribution >= 4 is 29.0 Å². The molecule has 0 bridgehead atoms. The van der Waals surface area contributed by atoms with E-state index < -0.39 is 6.04 Å². The number of rotatable bonds is 9. The molecule has 6 rings (SSSR count). The van der Waals surface area contributed by atoms with Crippen molar-refractivity contribution in [3.05, 3.63) is 179 Å². The summed E-state index contributed by atoms with van der Waals surface area (Å²) in [5.74, 6) is -0.988. The summed E-state index contributed by atoms with van der Waals surface area (Å²) >= 11 is 6.80. The van der Waals surface area contributed by atoms with Crippen LogP contribution < -0.4 is 0 Å². The van der Waals surface area contributed by atoms with Crippen LogP contribution in [-0.4, -0.2) is 21.9 Å². The summed E-state index contributed by atoms with van der Waals surface area (Å²) < 4.78 is 1.74. The van der Waals surface area contributed by atoms with Crippen LogP contribution in [-0.2, 0) is 0 Å². The summed E-state index contributed by atoms with van der Waals surface area (Å²) in [5, 5.41) is 0.454. The molecular weight excluding hydrogens is 566 g/mol. The first-order valence-electron chi connectivity index (χ1n) is 14.3. The number of aromatic nitrogens is 1. The van der Waals surface area contributed by atoms with Gasteiger partial charge in [-0.25, -0.2) is 0 Å². The van der Waals surface area contributed by atoms with Gasteiger partial charge in [0.1, 0.15) is 0 Å². The van der Waals surface area contributed by atoms with E-state index in [2.05, 4.69) is 0 Å². The molecule has 0 radical (unpaired) electrons. The second-order valence-electron chi connectivity index (χ2n) is 10.5. The van der Waals surface area contributed by atoms with E-state index in [0.29, 0.717) is 55.4 Å². The summed E-state index contributed by atoms with van der Waals surface area (Å²) in [6.45, 7) is 1.84. The molecule has 0 saturated heterocycles. The molecule has 44 heavy (non-hydrogen) atoms. The van der Waals surface area contributed by atoms with Gasteiger partial charge in [0, 0.05) is 38.5 Å². The number of ketones is 3. The molecule has 0 saturated carbocycles. The van der Waals surface area contributed by atoms with Gasteiger partial charge in [-0.05, 0) is 18.6 Å². The summed E-state index contributed by atoms with van der Waals surface area (Å²) in [6.07, 6.45) is 0. The van der Waals surface area contributed by atoms with Crippen molar-refractivity contribution in [3.63, 3.8) is 0 Å². The first-order chi connectivity index (χ1) is 21.5. The summed E-state index contributed by atoms with van der Waals surface area (Å²) in [7, 11) is 0. The zero-order valence-corrected chi connectivity index (χ0v) is 24.7. The van der Waals surface area contributed by atoms with Crippen LogP contribution in [0.2, 0.25) is 5.02 Å². The molecule has 0 atom stereocenters. The molecule has 0 unspecified atom stereocenters. The maximum Gasteiger partial charge on any atom is 0.195 e. The quantitative estimate of drug-likeness (QED) is 0.124. The van der Waals surface area contributed by atoms with Crippen LogP contribution in [0.3, 0.4) is 0 Å². The number of hydrogen-bond donors (Lipinski definition) is 0. The van der Waals surface area contributed by atoms with Crippen molar-refractivity contribution in [2.75, 3.05) is 0 Å². The molecule has 0 fully saturated rings. The number of carbonyl (C=O) groups is 3. The summed E-state index contributed by atoms with van der Waals surface area (Å²) in [5.41, 5.74) is 4.61. The largest absolute Gasteiger partial charge is 0.325 e. The fraction of sp³-hybridized carbons (Fsp3) is 0.0513. The van der Waals surface area contributed by atoms with E-state index in [9.17, 15) is 14.4 Å². The van der Waals surface area contributed by atoms with Gasteiger partial charge in [0.05, 0.1) is 11.3 Å². The Kier molecular flexibility index (Phi) is 8.18. The van der Waals surface area contributed by atoms with Crippen molar-refractivity contribution in [2.45, 2.75) is 13.0 Å². The topological polar surface area (TPSA) is 56.1 Å². The Morgan fingerprint density at radius 3 is 1.50 bits per heavy atom. The SMILES string of the molecule is Cc1c(-c2ccccc2Cl)c(C(=O)c2ccccc2)c(-c2ccccc2)n1C(C(=O)c1ccccc1)C(=O)c1ccccc1. The molecule has 0 amide bonds. The number of nitrogens with zero attached hydrogens (tertiary/aromatic N) is 1. The zero-order valence-electron chi connectivity index (χ0n) is 24.0. The van der Waals surface area contributed by atoms with Crippen molar-refractivity contribution in [1.29, 1.82) is 0 Å². The highest BCUT2D eigenvalue weighted by molar-refractivity contribution is 6.34. The molecule has 6 aromatic rings. The molecule has 0 N–H and O–H groups in total. The van der Waals surface area contributed by atoms with Gasteiger partial charge in [-0.2, -0.15) is 0 Å². The van der Waals surface area contributed by atoms with E-state index in [1.807, 2.05) is 85.8 Å². The third kappa shape index (κ3) is 5.32. The van der Waals surface area contributed by atoms with E-state index in [0.717, 1.165) is 0 Å². The molecule has 5 aromatic carbocycles. The van der Waals surface area contributed by atoms with Crippen molar-refractivity contribution in [3.8, 4) is 22.4 Å². The van der Waals surface area contributed by atoms with Gasteiger partial charge < -0.3 is 4.57 Å². The summed E-state index contributed by atoms with van der Waals surface area (Å²) in [4.78, 5) is 43.6. The fourth-order valence-electron chi connectivity index (χ4n) is 5.73. The smallest absolute Gasteiger partial charge is 0.195 e. The number of Topliss-reactive ketones (excluding diaryl/α,β-unsaturated/α-hetero) is 2. The van der Waals surface area contributed by atoms with Gasteiger partial charge in [-0.3, -0.25) is 14.4 Å². The van der Waals surface area contributed by atoms with Gasteiger partial charge in [-0.1, -0.05) is 151 Å². The third-order valence-electron chi connectivity index (χ3n) is 7.78. The van der Waals surface area contributed by atoms with Crippen LogP contribution >= 0.6 is 11.6 Å². The lowest BCUT2D eigenvalue weighted by molar-refractivity contribution is 0.0813. The molecule has 214 valence electrons. The second kappa shape index (κ2) is 12.5. The lowest BCUT2D eigenvalue weighted by Gasteiger charge is -2.23. The van der Waals surface area contributed by atoms with Gasteiger partial charge in [0.15, 0.2) is 23.4 Å². The molecule has 1 heterocycles. The predicted octanol–water partition coefficient (Wildman–Crippen LogP) is 9.32. The maximum atomic E-state index is 14.6. The minimum absolute atomic E-state index is 0.237. The Morgan fingerprint density at radius 1 is 0.568 bits per heavy atom. The zero-order chi connectivity index (χ0) is 30.6. The monoisotopic (exact) mass is 593 g/mol. The molecule has 5 heteroatoms. The highest BCUT2D eigenvalue weighted by Gasteiger charge is 2.38. The average Bonchev–Trinajstić information content (AvgIpc) is 3.38. The minimum atomic E-state index is -1.30. The lowest BCUT2D eigenvalue weighted by atomic mass is 9.92. The van der Waals surface area contributed by atoms with Crippen LogP contribution in [0.5, 0.6) is 0 Å². The number of benzene rings is 5. The van der Waals surface area contributed by atoms with Crippen molar-refractivity contribution in [2.24, 2.45) is 0 Å². The Labute approximate surface area is 261 Å². The summed E-state index contributed by atoms with van der Waals surface area (Å²) in [6, 6.07) is 42.0. The van der Waals surface area contributed by atoms with E-state index >= 15 is 0 Å². The van der Waals surface area contributed by atoms with Crippen molar-refractivity contribution in [1.82, 2.24) is 4.57 Å². The van der Waals surface area contributed by atoms with Crippen LogP contribution in [0.1, 0.15) is 48.4 Å². The van der Waals surface area contributed by atoms with Gasteiger partial charge >= 0.3 is 0 Å². The first-order valence-corrected chi connectivity index (χ1v) is 14.7. The minimum Gasteiger partial charge on any atom is -0.325 e. The molecule has 0 aliphatic carbocycles. The molecule has 0 aliphatic heterocycles. The van der Waals surface area contributed by atoms with Gasteiger partial charge in [0.25, 0.3) is 0 Å². The van der Waals surface area contributed by atoms with Gasteiger partial charge in [-0.15, -0.1) is 0 Å². The predicted molar refractivity (Wildman–Crippen MR) is 176 cm³/mol. The number of halogens is 1. The Bertz CT molecular complexity index is 1910. The maximum absolute atomic E-state index is 14.6. The van der Waals surface area contributed by atoms with E-state index in [1.165, 1.54) is 0 Å². The standard InChI is InChI=1S/C39H28ClNO3/c1-26-33(31-24-14-15-25-32(31)40)34(37(42)28-18-8-3-9-19-28)35(27-16-6-2-7-17-27)41(26)36(38(43)29-20-10-4-11-21-29)39(44)30-22-12-5-13-23-30/h2-25,36H,1H3. The van der Waals surface area contributed by atoms with Crippen LogP contribution in [0.25, 0.3) is 22.4 Å². The number of carbonyl (C=O) groups excluding carboxylic acids is 3. The molecule has 0 spiro atoms. The fourth-order valence-corrected chi connectivity index (χ4v) is 5.96. The van der Waals surface area contributed by atoms with Crippen LogP contribution in [0, 0.1) is 6.92 Å². The van der Waals surface area contributed by atoms with E-state index in [1.54, 1.807) is 71.3 Å². The molecular formula is C39H28ClNO3. The van der Waals surface area contributed by atoms with Crippen molar-refractivity contribution < 1.29 is 14.4 Å². The highest BCUT2D eigenvalue weighted by atomic mass is 35.5. The van der Waals surface area contributed by atoms with Crippen LogP contribution in [0.4, 0.5) is 0 Å². The Hall–Kier alpha value is -5.32. The number of hydrogen-bond acceptors (Lipinski definition) is 3. The van der Waals surface area contributed by atoms with Gasteiger partial charge in [0.2, 0.25) is 0 Å².